The van der Waals surface area contributed by atoms with Crippen LogP contribution in [0.1, 0.15) is 36.9 Å². The van der Waals surface area contributed by atoms with Gasteiger partial charge in [0, 0.05) is 56.7 Å². The molecule has 0 atom stereocenters. The van der Waals surface area contributed by atoms with E-state index in [-0.39, 0.29) is 0 Å². The first-order valence-electron chi connectivity index (χ1n) is 10.4. The first kappa shape index (κ1) is 18.1. The Hall–Kier alpha value is -2.30. The zero-order valence-electron chi connectivity index (χ0n) is 16.7. The maximum absolute atomic E-state index is 4.96. The molecule has 0 spiro atoms. The summed E-state index contributed by atoms with van der Waals surface area (Å²) in [5.41, 5.74) is 3.71. The van der Waals surface area contributed by atoms with Crippen LogP contribution in [0, 0.1) is 13.8 Å². The van der Waals surface area contributed by atoms with Crippen molar-refractivity contribution < 1.29 is 0 Å². The highest BCUT2D eigenvalue weighted by Gasteiger charge is 2.21. The highest BCUT2D eigenvalue weighted by molar-refractivity contribution is 5.51. The number of anilines is 3. The van der Waals surface area contributed by atoms with E-state index < -0.39 is 0 Å². The lowest BCUT2D eigenvalue weighted by molar-refractivity contribution is 0.637. The standard InChI is InChI=1S/C22H31N5/c1-18-8-7-9-20(16-18)25-12-14-27(15-13-25)22-23-19(2)17-21(24-22)26-10-5-3-4-6-11-26/h7-9,16-17H,3-6,10-15H2,1-2H3. The summed E-state index contributed by atoms with van der Waals surface area (Å²) in [7, 11) is 0. The molecule has 5 heteroatoms. The van der Waals surface area contributed by atoms with Crippen molar-refractivity contribution in [2.75, 3.05) is 54.0 Å². The second-order valence-corrected chi connectivity index (χ2v) is 7.88. The van der Waals surface area contributed by atoms with Gasteiger partial charge in [0.25, 0.3) is 0 Å². The Bertz CT molecular complexity index is 759. The Labute approximate surface area is 163 Å². The van der Waals surface area contributed by atoms with Crippen LogP contribution in [0.5, 0.6) is 0 Å². The van der Waals surface area contributed by atoms with Crippen molar-refractivity contribution in [3.05, 3.63) is 41.6 Å². The molecule has 5 nitrogen and oxygen atoms in total. The number of aryl methyl sites for hydroxylation is 2. The highest BCUT2D eigenvalue weighted by atomic mass is 15.3. The zero-order chi connectivity index (χ0) is 18.6. The second kappa shape index (κ2) is 8.15. The first-order chi connectivity index (χ1) is 13.2. The van der Waals surface area contributed by atoms with Crippen LogP contribution < -0.4 is 14.7 Å². The Balaban J connectivity index is 1.46. The van der Waals surface area contributed by atoms with Crippen LogP contribution in [0.2, 0.25) is 0 Å². The van der Waals surface area contributed by atoms with Gasteiger partial charge in [0.1, 0.15) is 5.82 Å². The minimum Gasteiger partial charge on any atom is -0.368 e. The third-order valence-corrected chi connectivity index (χ3v) is 5.69. The first-order valence-corrected chi connectivity index (χ1v) is 10.4. The van der Waals surface area contributed by atoms with E-state index in [1.165, 1.54) is 36.9 Å². The SMILES string of the molecule is Cc1cccc(N2CCN(c3nc(C)cc(N4CCCCCC4)n3)CC2)c1. The van der Waals surface area contributed by atoms with Crippen LogP contribution >= 0.6 is 0 Å². The summed E-state index contributed by atoms with van der Waals surface area (Å²) >= 11 is 0. The number of rotatable bonds is 3. The Morgan fingerprint density at radius 1 is 0.704 bits per heavy atom. The Morgan fingerprint density at radius 3 is 2.11 bits per heavy atom. The maximum Gasteiger partial charge on any atom is 0.227 e. The largest absolute Gasteiger partial charge is 0.368 e. The Kier molecular flexibility index (Phi) is 5.46. The summed E-state index contributed by atoms with van der Waals surface area (Å²) in [5.74, 6) is 2.01. The van der Waals surface area contributed by atoms with Crippen molar-refractivity contribution in [1.82, 2.24) is 9.97 Å². The highest BCUT2D eigenvalue weighted by Crippen LogP contribution is 2.23. The fourth-order valence-electron chi connectivity index (χ4n) is 4.13. The quantitative estimate of drug-likeness (QED) is 0.827. The number of piperazine rings is 1. The number of nitrogens with zero attached hydrogens (tertiary/aromatic N) is 5. The van der Waals surface area contributed by atoms with Gasteiger partial charge in [-0.05, 0) is 44.4 Å². The van der Waals surface area contributed by atoms with Crippen LogP contribution in [0.3, 0.4) is 0 Å². The van der Waals surface area contributed by atoms with Crippen molar-refractivity contribution in [2.24, 2.45) is 0 Å². The number of hydrogen-bond donors (Lipinski definition) is 0. The molecule has 0 radical (unpaired) electrons. The average molecular weight is 366 g/mol. The third kappa shape index (κ3) is 4.34. The van der Waals surface area contributed by atoms with E-state index in [4.69, 9.17) is 9.97 Å². The van der Waals surface area contributed by atoms with Gasteiger partial charge in [-0.3, -0.25) is 0 Å². The molecule has 0 amide bonds. The molecule has 2 aliphatic heterocycles. The van der Waals surface area contributed by atoms with Crippen molar-refractivity contribution in [1.29, 1.82) is 0 Å². The normalized spacial score (nSPS) is 18.5. The zero-order valence-corrected chi connectivity index (χ0v) is 16.7. The summed E-state index contributed by atoms with van der Waals surface area (Å²) in [6.45, 7) is 10.5. The monoisotopic (exact) mass is 365 g/mol. The smallest absolute Gasteiger partial charge is 0.227 e. The molecule has 2 fully saturated rings. The molecular formula is C22H31N5. The molecule has 3 heterocycles. The van der Waals surface area contributed by atoms with E-state index >= 15 is 0 Å². The molecule has 0 bridgehead atoms. The van der Waals surface area contributed by atoms with Gasteiger partial charge < -0.3 is 14.7 Å². The minimum atomic E-state index is 0.901. The van der Waals surface area contributed by atoms with Crippen LogP contribution in [-0.2, 0) is 0 Å². The predicted molar refractivity (Wildman–Crippen MR) is 113 cm³/mol. The number of hydrogen-bond acceptors (Lipinski definition) is 5. The van der Waals surface area contributed by atoms with E-state index in [1.807, 2.05) is 0 Å². The summed E-state index contributed by atoms with van der Waals surface area (Å²) in [6, 6.07) is 10.9. The van der Waals surface area contributed by atoms with Gasteiger partial charge in [-0.1, -0.05) is 25.0 Å². The van der Waals surface area contributed by atoms with E-state index in [0.717, 1.165) is 56.7 Å². The number of aromatic nitrogens is 2. The Morgan fingerprint density at radius 2 is 1.41 bits per heavy atom. The van der Waals surface area contributed by atoms with Gasteiger partial charge in [0.15, 0.2) is 0 Å². The average Bonchev–Trinajstić information content (AvgIpc) is 2.97. The van der Waals surface area contributed by atoms with Gasteiger partial charge >= 0.3 is 0 Å². The lowest BCUT2D eigenvalue weighted by atomic mass is 10.2. The number of benzene rings is 1. The molecule has 144 valence electrons. The molecule has 4 rings (SSSR count). The predicted octanol–water partition coefficient (Wildman–Crippen LogP) is 3.80. The van der Waals surface area contributed by atoms with E-state index in [2.05, 4.69) is 58.9 Å². The molecule has 0 aliphatic carbocycles. The van der Waals surface area contributed by atoms with Gasteiger partial charge in [-0.2, -0.15) is 4.98 Å². The van der Waals surface area contributed by atoms with Crippen LogP contribution in [0.4, 0.5) is 17.5 Å². The van der Waals surface area contributed by atoms with E-state index in [1.54, 1.807) is 0 Å². The molecule has 27 heavy (non-hydrogen) atoms. The molecule has 0 unspecified atom stereocenters. The van der Waals surface area contributed by atoms with Crippen molar-refractivity contribution in [2.45, 2.75) is 39.5 Å². The molecule has 2 saturated heterocycles. The van der Waals surface area contributed by atoms with Gasteiger partial charge in [-0.25, -0.2) is 4.98 Å². The molecular weight excluding hydrogens is 334 g/mol. The van der Waals surface area contributed by atoms with Gasteiger partial charge in [0.2, 0.25) is 5.95 Å². The summed E-state index contributed by atoms with van der Waals surface area (Å²) in [4.78, 5) is 17.0. The van der Waals surface area contributed by atoms with Crippen LogP contribution in [0.25, 0.3) is 0 Å². The van der Waals surface area contributed by atoms with E-state index in [9.17, 15) is 0 Å². The van der Waals surface area contributed by atoms with Gasteiger partial charge in [-0.15, -0.1) is 0 Å². The van der Waals surface area contributed by atoms with Crippen molar-refractivity contribution in [3.8, 4) is 0 Å². The minimum absolute atomic E-state index is 0.901. The third-order valence-electron chi connectivity index (χ3n) is 5.69. The summed E-state index contributed by atoms with van der Waals surface area (Å²) < 4.78 is 0. The second-order valence-electron chi connectivity index (χ2n) is 7.88. The van der Waals surface area contributed by atoms with Crippen molar-refractivity contribution in [3.63, 3.8) is 0 Å². The molecule has 2 aliphatic rings. The van der Waals surface area contributed by atoms with Crippen LogP contribution in [-0.4, -0.2) is 49.2 Å². The molecule has 1 aromatic carbocycles. The maximum atomic E-state index is 4.96. The van der Waals surface area contributed by atoms with E-state index in [0.29, 0.717) is 0 Å². The van der Waals surface area contributed by atoms with Crippen LogP contribution in [0.15, 0.2) is 30.3 Å². The molecule has 1 aromatic heterocycles. The molecule has 2 aromatic rings. The fourth-order valence-corrected chi connectivity index (χ4v) is 4.13. The summed E-state index contributed by atoms with van der Waals surface area (Å²) in [5, 5.41) is 0. The lowest BCUT2D eigenvalue weighted by Gasteiger charge is -2.36. The van der Waals surface area contributed by atoms with Crippen molar-refractivity contribution >= 4 is 17.5 Å². The van der Waals surface area contributed by atoms with Gasteiger partial charge in [0.05, 0.1) is 0 Å². The lowest BCUT2D eigenvalue weighted by Crippen LogP contribution is -2.47. The summed E-state index contributed by atoms with van der Waals surface area (Å²) in [6.07, 6.45) is 5.23. The molecule has 0 saturated carbocycles. The molecule has 0 N–H and O–H groups in total. The fraction of sp³-hybridized carbons (Fsp3) is 0.545. The topological polar surface area (TPSA) is 35.5 Å².